The molecule has 0 aromatic rings. The summed E-state index contributed by atoms with van der Waals surface area (Å²) in [7, 11) is 0. The van der Waals surface area contributed by atoms with Gasteiger partial charge in [0.2, 0.25) is 0 Å². The maximum Gasteiger partial charge on any atom is 0.320 e. The summed E-state index contributed by atoms with van der Waals surface area (Å²) >= 11 is 0. The molecule has 4 nitrogen and oxygen atoms in total. The molecule has 0 aromatic carbocycles. The van der Waals surface area contributed by atoms with E-state index in [1.165, 1.54) is 0 Å². The summed E-state index contributed by atoms with van der Waals surface area (Å²) in [6, 6.07) is 0. The molecule has 0 amide bonds. The van der Waals surface area contributed by atoms with Gasteiger partial charge < -0.3 is 15.2 Å². The van der Waals surface area contributed by atoms with Crippen molar-refractivity contribution in [3.05, 3.63) is 0 Å². The zero-order valence-corrected chi connectivity index (χ0v) is 5.87. The Hall–Kier alpha value is -0.610. The van der Waals surface area contributed by atoms with Crippen molar-refractivity contribution >= 4 is 5.97 Å². The lowest BCUT2D eigenvalue weighted by atomic mass is 10.2. The Morgan fingerprint density at radius 3 is 2.90 bits per heavy atom. The first-order chi connectivity index (χ1) is 4.74. The van der Waals surface area contributed by atoms with Crippen LogP contribution >= 0.6 is 0 Å². The Kier molecular flexibility index (Phi) is 2.24. The lowest BCUT2D eigenvalue weighted by Crippen LogP contribution is -2.46. The molecule has 58 valence electrons. The van der Waals surface area contributed by atoms with Crippen LogP contribution in [0.25, 0.3) is 0 Å². The molecule has 1 aliphatic heterocycles. The maximum atomic E-state index is 10.6. The average Bonchev–Trinajstić information content (AvgIpc) is 1.96. The van der Waals surface area contributed by atoms with Gasteiger partial charge in [0.1, 0.15) is 0 Å². The fourth-order valence-corrected chi connectivity index (χ4v) is 0.714. The smallest absolute Gasteiger partial charge is 0.320 e. The van der Waals surface area contributed by atoms with Gasteiger partial charge in [-0.3, -0.25) is 4.79 Å². The summed E-state index contributed by atoms with van der Waals surface area (Å²) in [5.74, 6) is -0.361. The van der Waals surface area contributed by atoms with Crippen LogP contribution in [0.4, 0.5) is 0 Å². The molecule has 0 radical (unpaired) electrons. The van der Waals surface area contributed by atoms with Gasteiger partial charge >= 0.3 is 5.97 Å². The Morgan fingerprint density at radius 1 is 1.90 bits per heavy atom. The van der Waals surface area contributed by atoms with Crippen molar-refractivity contribution in [1.82, 2.24) is 0 Å². The van der Waals surface area contributed by atoms with Crippen molar-refractivity contribution in [1.29, 1.82) is 0 Å². The summed E-state index contributed by atoms with van der Waals surface area (Å²) in [4.78, 5) is 10.6. The minimum Gasteiger partial charge on any atom is -0.456 e. The molecule has 1 fully saturated rings. The quantitative estimate of drug-likeness (QED) is 0.521. The molecule has 1 heterocycles. The highest BCUT2D eigenvalue weighted by Gasteiger charge is 2.30. The lowest BCUT2D eigenvalue weighted by Gasteiger charge is -2.33. The first-order valence-corrected chi connectivity index (χ1v) is 3.25. The standard InChI is InChI=1S/C6H11NO3/c1-4-5(3-9-4)10-6(8)2-7/h4-5H,2-3,7H2,1H3. The van der Waals surface area contributed by atoms with E-state index in [1.54, 1.807) is 0 Å². The molecule has 0 aliphatic carbocycles. The van der Waals surface area contributed by atoms with Gasteiger partial charge in [0.15, 0.2) is 6.10 Å². The van der Waals surface area contributed by atoms with E-state index in [0.29, 0.717) is 6.61 Å². The largest absolute Gasteiger partial charge is 0.456 e. The molecule has 0 aromatic heterocycles. The van der Waals surface area contributed by atoms with E-state index in [1.807, 2.05) is 6.92 Å². The van der Waals surface area contributed by atoms with Crippen LogP contribution < -0.4 is 5.73 Å². The number of ether oxygens (including phenoxy) is 2. The van der Waals surface area contributed by atoms with E-state index in [9.17, 15) is 4.79 Å². The van der Waals surface area contributed by atoms with Gasteiger partial charge in [-0.25, -0.2) is 0 Å². The maximum absolute atomic E-state index is 10.6. The third kappa shape index (κ3) is 1.46. The van der Waals surface area contributed by atoms with Crippen molar-refractivity contribution < 1.29 is 14.3 Å². The second-order valence-corrected chi connectivity index (χ2v) is 2.27. The second kappa shape index (κ2) is 2.98. The van der Waals surface area contributed by atoms with Gasteiger partial charge in [-0.2, -0.15) is 0 Å². The lowest BCUT2D eigenvalue weighted by molar-refractivity contribution is -0.192. The molecule has 0 bridgehead atoms. The highest BCUT2D eigenvalue weighted by molar-refractivity contribution is 5.71. The summed E-state index contributed by atoms with van der Waals surface area (Å²) in [6.07, 6.45) is -0.0356. The number of hydrogen-bond acceptors (Lipinski definition) is 4. The average molecular weight is 145 g/mol. The minimum atomic E-state index is -0.361. The zero-order chi connectivity index (χ0) is 7.56. The van der Waals surface area contributed by atoms with Gasteiger partial charge in [-0.1, -0.05) is 0 Å². The fraction of sp³-hybridized carbons (Fsp3) is 0.833. The summed E-state index contributed by atoms with van der Waals surface area (Å²) in [5.41, 5.74) is 5.03. The van der Waals surface area contributed by atoms with Crippen molar-refractivity contribution in [2.45, 2.75) is 19.1 Å². The van der Waals surface area contributed by atoms with Crippen molar-refractivity contribution in [3.8, 4) is 0 Å². The number of rotatable bonds is 2. The van der Waals surface area contributed by atoms with Crippen molar-refractivity contribution in [2.24, 2.45) is 5.73 Å². The summed E-state index contributed by atoms with van der Waals surface area (Å²) in [5, 5.41) is 0. The van der Waals surface area contributed by atoms with E-state index < -0.39 is 0 Å². The normalized spacial score (nSPS) is 31.0. The Bertz CT molecular complexity index is 137. The SMILES string of the molecule is CC1OCC1OC(=O)CN. The van der Waals surface area contributed by atoms with Crippen LogP contribution in [0.1, 0.15) is 6.92 Å². The van der Waals surface area contributed by atoms with E-state index in [-0.39, 0.29) is 24.7 Å². The molecule has 4 heteroatoms. The third-order valence-corrected chi connectivity index (χ3v) is 1.50. The van der Waals surface area contributed by atoms with Gasteiger partial charge in [0.05, 0.1) is 19.3 Å². The topological polar surface area (TPSA) is 61.5 Å². The summed E-state index contributed by atoms with van der Waals surface area (Å²) in [6.45, 7) is 2.31. The molecule has 2 N–H and O–H groups in total. The highest BCUT2D eigenvalue weighted by atomic mass is 16.6. The molecule has 2 unspecified atom stereocenters. The molecular formula is C6H11NO3. The van der Waals surface area contributed by atoms with Crippen molar-refractivity contribution in [3.63, 3.8) is 0 Å². The van der Waals surface area contributed by atoms with E-state index >= 15 is 0 Å². The van der Waals surface area contributed by atoms with Crippen LogP contribution in [-0.2, 0) is 14.3 Å². The minimum absolute atomic E-state index is 0.0375. The van der Waals surface area contributed by atoms with Gasteiger partial charge in [0.25, 0.3) is 0 Å². The number of esters is 1. The van der Waals surface area contributed by atoms with Crippen LogP contribution in [0.5, 0.6) is 0 Å². The van der Waals surface area contributed by atoms with E-state index in [4.69, 9.17) is 15.2 Å². The molecule has 1 rings (SSSR count). The zero-order valence-electron chi connectivity index (χ0n) is 5.87. The Labute approximate surface area is 59.3 Å². The number of nitrogens with two attached hydrogens (primary N) is 1. The Balaban J connectivity index is 2.19. The van der Waals surface area contributed by atoms with E-state index in [0.717, 1.165) is 0 Å². The molecule has 0 saturated carbocycles. The predicted octanol–water partition coefficient (Wildman–Crippen LogP) is -0.724. The van der Waals surface area contributed by atoms with Gasteiger partial charge in [0, 0.05) is 0 Å². The number of hydrogen-bond donors (Lipinski definition) is 1. The van der Waals surface area contributed by atoms with Crippen LogP contribution in [0.2, 0.25) is 0 Å². The fourth-order valence-electron chi connectivity index (χ4n) is 0.714. The molecule has 10 heavy (non-hydrogen) atoms. The molecule has 1 aliphatic rings. The van der Waals surface area contributed by atoms with Gasteiger partial charge in [-0.05, 0) is 6.92 Å². The summed E-state index contributed by atoms with van der Waals surface area (Å²) < 4.78 is 9.83. The second-order valence-electron chi connectivity index (χ2n) is 2.27. The van der Waals surface area contributed by atoms with Crippen molar-refractivity contribution in [2.75, 3.05) is 13.2 Å². The van der Waals surface area contributed by atoms with E-state index in [2.05, 4.69) is 0 Å². The first kappa shape index (κ1) is 7.50. The number of carbonyl (C=O) groups is 1. The molecule has 1 saturated heterocycles. The van der Waals surface area contributed by atoms with Gasteiger partial charge in [-0.15, -0.1) is 0 Å². The molecule has 0 spiro atoms. The monoisotopic (exact) mass is 145 g/mol. The van der Waals surface area contributed by atoms with Crippen LogP contribution in [0.3, 0.4) is 0 Å². The predicted molar refractivity (Wildman–Crippen MR) is 34.3 cm³/mol. The molecular weight excluding hydrogens is 134 g/mol. The van der Waals surface area contributed by atoms with Crippen LogP contribution in [0, 0.1) is 0 Å². The number of carbonyl (C=O) groups excluding carboxylic acids is 1. The van der Waals surface area contributed by atoms with Crippen LogP contribution in [-0.4, -0.2) is 31.3 Å². The first-order valence-electron chi connectivity index (χ1n) is 3.25. The van der Waals surface area contributed by atoms with Crippen LogP contribution in [0.15, 0.2) is 0 Å². The third-order valence-electron chi connectivity index (χ3n) is 1.50. The highest BCUT2D eigenvalue weighted by Crippen LogP contribution is 2.14. The Morgan fingerprint density at radius 2 is 2.60 bits per heavy atom. The molecule has 2 atom stereocenters.